The second-order valence-electron chi connectivity index (χ2n) is 7.40. The number of esters is 1. The molecular weight excluding hydrogens is 307 g/mol. The number of benzene rings is 1. The Kier molecular flexibility index (Phi) is 5.24. The van der Waals surface area contributed by atoms with Crippen LogP contribution < -0.4 is 0 Å². The van der Waals surface area contributed by atoms with Crippen LogP contribution in [0.2, 0.25) is 0 Å². The van der Waals surface area contributed by atoms with Crippen LogP contribution >= 0.6 is 0 Å². The SMILES string of the molecule is CCCC1CCC(C2Cc3ccc(C(C)O)c(F)c3C(=O)O2)CC1. The highest BCUT2D eigenvalue weighted by Crippen LogP contribution is 2.38. The van der Waals surface area contributed by atoms with E-state index in [9.17, 15) is 14.3 Å². The molecule has 1 aromatic rings. The van der Waals surface area contributed by atoms with Crippen molar-refractivity contribution in [3.8, 4) is 0 Å². The van der Waals surface area contributed by atoms with Gasteiger partial charge in [0.25, 0.3) is 0 Å². The summed E-state index contributed by atoms with van der Waals surface area (Å²) in [4.78, 5) is 12.4. The molecule has 2 atom stereocenters. The molecule has 1 saturated carbocycles. The molecule has 0 aromatic heterocycles. The molecule has 2 unspecified atom stereocenters. The van der Waals surface area contributed by atoms with E-state index in [1.165, 1.54) is 32.6 Å². The van der Waals surface area contributed by atoms with Crippen molar-refractivity contribution in [2.24, 2.45) is 11.8 Å². The molecule has 132 valence electrons. The zero-order valence-electron chi connectivity index (χ0n) is 14.6. The number of aliphatic hydroxyl groups excluding tert-OH is 1. The highest BCUT2D eigenvalue weighted by molar-refractivity contribution is 5.92. The van der Waals surface area contributed by atoms with Crippen LogP contribution in [-0.4, -0.2) is 17.2 Å². The number of fused-ring (bicyclic) bond motifs is 1. The Balaban J connectivity index is 1.74. The third-order valence-corrected chi connectivity index (χ3v) is 5.71. The molecule has 0 radical (unpaired) electrons. The molecule has 3 rings (SSSR count). The van der Waals surface area contributed by atoms with Crippen molar-refractivity contribution in [3.05, 3.63) is 34.6 Å². The van der Waals surface area contributed by atoms with Crippen molar-refractivity contribution in [1.29, 1.82) is 0 Å². The van der Waals surface area contributed by atoms with E-state index in [4.69, 9.17) is 4.74 Å². The predicted octanol–water partition coefficient (Wildman–Crippen LogP) is 4.57. The predicted molar refractivity (Wildman–Crippen MR) is 90.3 cm³/mol. The number of carbonyl (C=O) groups excluding carboxylic acids is 1. The van der Waals surface area contributed by atoms with Crippen LogP contribution in [0.4, 0.5) is 4.39 Å². The third-order valence-electron chi connectivity index (χ3n) is 5.71. The zero-order chi connectivity index (χ0) is 17.3. The summed E-state index contributed by atoms with van der Waals surface area (Å²) in [6, 6.07) is 3.36. The van der Waals surface area contributed by atoms with Gasteiger partial charge in [-0.3, -0.25) is 0 Å². The summed E-state index contributed by atoms with van der Waals surface area (Å²) < 4.78 is 20.1. The minimum atomic E-state index is -0.935. The summed E-state index contributed by atoms with van der Waals surface area (Å²) >= 11 is 0. The van der Waals surface area contributed by atoms with Crippen molar-refractivity contribution < 1.29 is 19.0 Å². The van der Waals surface area contributed by atoms with Gasteiger partial charge in [-0.25, -0.2) is 9.18 Å². The minimum Gasteiger partial charge on any atom is -0.458 e. The highest BCUT2D eigenvalue weighted by Gasteiger charge is 2.36. The number of rotatable bonds is 4. The first-order valence-electron chi connectivity index (χ1n) is 9.21. The fourth-order valence-electron chi connectivity index (χ4n) is 4.32. The van der Waals surface area contributed by atoms with E-state index in [-0.39, 0.29) is 17.2 Å². The highest BCUT2D eigenvalue weighted by atomic mass is 19.1. The van der Waals surface area contributed by atoms with Crippen LogP contribution in [0, 0.1) is 17.7 Å². The fourth-order valence-corrected chi connectivity index (χ4v) is 4.32. The van der Waals surface area contributed by atoms with Gasteiger partial charge >= 0.3 is 5.97 Å². The summed E-state index contributed by atoms with van der Waals surface area (Å²) in [5.74, 6) is -0.00637. The van der Waals surface area contributed by atoms with Gasteiger partial charge in [0, 0.05) is 12.0 Å². The largest absolute Gasteiger partial charge is 0.458 e. The smallest absolute Gasteiger partial charge is 0.341 e. The lowest BCUT2D eigenvalue weighted by Crippen LogP contribution is -2.36. The molecule has 1 aliphatic carbocycles. The van der Waals surface area contributed by atoms with Gasteiger partial charge in [-0.15, -0.1) is 0 Å². The lowest BCUT2D eigenvalue weighted by atomic mass is 9.76. The van der Waals surface area contributed by atoms with Crippen molar-refractivity contribution in [2.45, 2.75) is 71.0 Å². The molecule has 4 heteroatoms. The summed E-state index contributed by atoms with van der Waals surface area (Å²) in [6.07, 6.45) is 6.61. The maximum absolute atomic E-state index is 14.5. The molecule has 1 aliphatic heterocycles. The molecule has 1 aromatic carbocycles. The molecule has 1 fully saturated rings. The third kappa shape index (κ3) is 3.34. The maximum atomic E-state index is 14.5. The molecule has 0 spiro atoms. The topological polar surface area (TPSA) is 46.5 Å². The lowest BCUT2D eigenvalue weighted by molar-refractivity contribution is -0.000985. The van der Waals surface area contributed by atoms with E-state index in [0.29, 0.717) is 17.9 Å². The quantitative estimate of drug-likeness (QED) is 0.821. The van der Waals surface area contributed by atoms with Gasteiger partial charge < -0.3 is 9.84 Å². The van der Waals surface area contributed by atoms with Gasteiger partial charge in [-0.05, 0) is 37.2 Å². The molecule has 2 aliphatic rings. The average molecular weight is 334 g/mol. The fraction of sp³-hybridized carbons (Fsp3) is 0.650. The zero-order valence-corrected chi connectivity index (χ0v) is 14.6. The lowest BCUT2D eigenvalue weighted by Gasteiger charge is -2.36. The normalized spacial score (nSPS) is 28.2. The Hall–Kier alpha value is -1.42. The molecule has 1 N–H and O–H groups in total. The van der Waals surface area contributed by atoms with E-state index >= 15 is 0 Å². The number of hydrogen-bond donors (Lipinski definition) is 1. The number of cyclic esters (lactones) is 1. The van der Waals surface area contributed by atoms with Crippen LogP contribution in [0.3, 0.4) is 0 Å². The maximum Gasteiger partial charge on any atom is 0.341 e. The molecular formula is C20H27FO3. The number of hydrogen-bond acceptors (Lipinski definition) is 3. The Morgan fingerprint density at radius 1 is 1.29 bits per heavy atom. The van der Waals surface area contributed by atoms with E-state index in [1.807, 2.05) is 0 Å². The van der Waals surface area contributed by atoms with Crippen molar-refractivity contribution >= 4 is 5.97 Å². The van der Waals surface area contributed by atoms with Crippen molar-refractivity contribution in [3.63, 3.8) is 0 Å². The molecule has 1 heterocycles. The van der Waals surface area contributed by atoms with E-state index in [0.717, 1.165) is 18.8 Å². The average Bonchev–Trinajstić information content (AvgIpc) is 2.55. The Bertz CT molecular complexity index is 603. The van der Waals surface area contributed by atoms with Crippen molar-refractivity contribution in [1.82, 2.24) is 0 Å². The monoisotopic (exact) mass is 334 g/mol. The van der Waals surface area contributed by atoms with Gasteiger partial charge in [0.2, 0.25) is 0 Å². The van der Waals surface area contributed by atoms with E-state index < -0.39 is 17.9 Å². The van der Waals surface area contributed by atoms with Gasteiger partial charge in [-0.2, -0.15) is 0 Å². The second kappa shape index (κ2) is 7.22. The first kappa shape index (κ1) is 17.4. The Morgan fingerprint density at radius 3 is 2.62 bits per heavy atom. The number of halogens is 1. The second-order valence-corrected chi connectivity index (χ2v) is 7.40. The summed E-state index contributed by atoms with van der Waals surface area (Å²) in [5, 5.41) is 9.62. The minimum absolute atomic E-state index is 0.0179. The van der Waals surface area contributed by atoms with Crippen molar-refractivity contribution in [2.75, 3.05) is 0 Å². The van der Waals surface area contributed by atoms with E-state index in [2.05, 4.69) is 6.92 Å². The van der Waals surface area contributed by atoms with Crippen LogP contribution in [0.15, 0.2) is 12.1 Å². The first-order chi connectivity index (χ1) is 11.5. The Labute approximate surface area is 143 Å². The van der Waals surface area contributed by atoms with Gasteiger partial charge in [0.15, 0.2) is 0 Å². The first-order valence-corrected chi connectivity index (χ1v) is 9.21. The number of ether oxygens (including phenoxy) is 1. The van der Waals surface area contributed by atoms with Crippen LogP contribution in [0.25, 0.3) is 0 Å². The Morgan fingerprint density at radius 2 is 2.00 bits per heavy atom. The number of aliphatic hydroxyl groups is 1. The standard InChI is InChI=1S/C20H27FO3/c1-3-4-13-5-7-14(8-6-13)17-11-15-9-10-16(12(2)22)19(21)18(15)20(23)24-17/h9-10,12-14,17,22H,3-8,11H2,1-2H3. The van der Waals surface area contributed by atoms with Crippen LogP contribution in [0.5, 0.6) is 0 Å². The van der Waals surface area contributed by atoms with E-state index in [1.54, 1.807) is 12.1 Å². The molecule has 0 bridgehead atoms. The van der Waals surface area contributed by atoms with Crippen LogP contribution in [0.1, 0.15) is 80.0 Å². The molecule has 0 amide bonds. The van der Waals surface area contributed by atoms with Gasteiger partial charge in [0.1, 0.15) is 11.9 Å². The molecule has 0 saturated heterocycles. The summed E-state index contributed by atoms with van der Waals surface area (Å²) in [7, 11) is 0. The summed E-state index contributed by atoms with van der Waals surface area (Å²) in [6.45, 7) is 3.72. The van der Waals surface area contributed by atoms with Gasteiger partial charge in [-0.1, -0.05) is 44.7 Å². The molecule has 3 nitrogen and oxygen atoms in total. The van der Waals surface area contributed by atoms with Gasteiger partial charge in [0.05, 0.1) is 11.7 Å². The number of carbonyl (C=O) groups is 1. The summed E-state index contributed by atoms with van der Waals surface area (Å²) in [5.41, 5.74) is 0.891. The molecule has 24 heavy (non-hydrogen) atoms. The van der Waals surface area contributed by atoms with Crippen LogP contribution in [-0.2, 0) is 11.2 Å².